The van der Waals surface area contributed by atoms with Crippen LogP contribution in [0.3, 0.4) is 0 Å². The molecule has 15 heavy (non-hydrogen) atoms. The van der Waals surface area contributed by atoms with Gasteiger partial charge in [-0.25, -0.2) is 0 Å². The molecule has 0 aromatic carbocycles. The van der Waals surface area contributed by atoms with Gasteiger partial charge in [0, 0.05) is 12.8 Å². The highest BCUT2D eigenvalue weighted by molar-refractivity contribution is 5.58. The van der Waals surface area contributed by atoms with Crippen LogP contribution in [0.5, 0.6) is 0 Å². The zero-order valence-corrected chi connectivity index (χ0v) is 9.15. The van der Waals surface area contributed by atoms with Gasteiger partial charge in [-0.1, -0.05) is 18.6 Å². The van der Waals surface area contributed by atoms with Crippen molar-refractivity contribution in [2.24, 2.45) is 0 Å². The Kier molecular flexibility index (Phi) is 3.22. The predicted octanol–water partition coefficient (Wildman–Crippen LogP) is 2.21. The highest BCUT2D eigenvalue weighted by atomic mass is 16.8. The fourth-order valence-electron chi connectivity index (χ4n) is 2.43. The van der Waals surface area contributed by atoms with Crippen molar-refractivity contribution in [2.75, 3.05) is 0 Å². The highest BCUT2D eigenvalue weighted by Gasteiger charge is 2.46. The van der Waals surface area contributed by atoms with Gasteiger partial charge in [-0.2, -0.15) is 0 Å². The molecule has 2 fully saturated rings. The molecule has 0 unspecified atom stereocenters. The molecule has 0 bridgehead atoms. The largest absolute Gasteiger partial charge is 0.339 e. The zero-order valence-electron chi connectivity index (χ0n) is 9.15. The molecule has 84 valence electrons. The van der Waals surface area contributed by atoms with E-state index in [4.69, 9.17) is 9.47 Å². The molecule has 0 radical (unpaired) electrons. The molecule has 0 aromatic heterocycles. The number of aldehydes is 1. The molecule has 2 atom stereocenters. The van der Waals surface area contributed by atoms with Crippen LogP contribution < -0.4 is 0 Å². The van der Waals surface area contributed by atoms with Crippen molar-refractivity contribution in [3.05, 3.63) is 12.2 Å². The van der Waals surface area contributed by atoms with Crippen molar-refractivity contribution in [1.82, 2.24) is 0 Å². The molecule has 1 aliphatic heterocycles. The average molecular weight is 210 g/mol. The molecule has 1 aliphatic carbocycles. The fraction of sp³-hybridized carbons (Fsp3) is 0.750. The summed E-state index contributed by atoms with van der Waals surface area (Å²) in [6, 6.07) is 0. The Hall–Kier alpha value is -0.670. The normalized spacial score (nSPS) is 35.0. The molecule has 0 amide bonds. The lowest BCUT2D eigenvalue weighted by Gasteiger charge is -2.31. The molecular formula is C12H18O3. The highest BCUT2D eigenvalue weighted by Crippen LogP contribution is 2.40. The molecule has 0 aromatic rings. The van der Waals surface area contributed by atoms with E-state index in [2.05, 4.69) is 0 Å². The average Bonchev–Trinajstić information content (AvgIpc) is 2.58. The van der Waals surface area contributed by atoms with Crippen LogP contribution in [0.4, 0.5) is 0 Å². The lowest BCUT2D eigenvalue weighted by molar-refractivity contribution is -0.190. The Bertz CT molecular complexity index is 254. The molecule has 1 spiro atoms. The molecule has 2 rings (SSSR count). The van der Waals surface area contributed by atoms with E-state index >= 15 is 0 Å². The molecule has 1 saturated carbocycles. The number of hydrogen-bond acceptors (Lipinski definition) is 3. The van der Waals surface area contributed by atoms with E-state index in [0.717, 1.165) is 32.0 Å². The van der Waals surface area contributed by atoms with Crippen molar-refractivity contribution in [1.29, 1.82) is 0 Å². The summed E-state index contributed by atoms with van der Waals surface area (Å²) in [4.78, 5) is 10.9. The molecule has 0 N–H and O–H groups in total. The van der Waals surface area contributed by atoms with Crippen LogP contribution in [-0.4, -0.2) is 24.3 Å². The second kappa shape index (κ2) is 4.45. The van der Waals surface area contributed by atoms with Gasteiger partial charge in [0.15, 0.2) is 12.1 Å². The molecule has 1 heterocycles. The standard InChI is InChI=1S/C12H18O3/c1-2-6-10-11(9-13)15-12(14-10)7-4-3-5-8-12/h2,6,9-11H,3-5,7-8H2,1H3/b6-2+/t10-,11+/m0/s1. The van der Waals surface area contributed by atoms with E-state index in [1.54, 1.807) is 0 Å². The van der Waals surface area contributed by atoms with Gasteiger partial charge < -0.3 is 14.3 Å². The number of allylic oxidation sites excluding steroid dienone is 1. The first kappa shape index (κ1) is 10.8. The maximum absolute atomic E-state index is 10.9. The van der Waals surface area contributed by atoms with Crippen LogP contribution in [0, 0.1) is 0 Å². The Labute approximate surface area is 90.4 Å². The third-order valence-corrected chi connectivity index (χ3v) is 3.16. The van der Waals surface area contributed by atoms with Gasteiger partial charge in [0.2, 0.25) is 0 Å². The summed E-state index contributed by atoms with van der Waals surface area (Å²) < 4.78 is 11.7. The van der Waals surface area contributed by atoms with Crippen molar-refractivity contribution >= 4 is 6.29 Å². The third kappa shape index (κ3) is 2.13. The summed E-state index contributed by atoms with van der Waals surface area (Å²) in [6.45, 7) is 1.93. The number of carbonyl (C=O) groups excluding carboxylic acids is 1. The van der Waals surface area contributed by atoms with Gasteiger partial charge in [-0.05, 0) is 19.8 Å². The zero-order chi connectivity index (χ0) is 10.7. The number of hydrogen-bond donors (Lipinski definition) is 0. The monoisotopic (exact) mass is 210 g/mol. The topological polar surface area (TPSA) is 35.5 Å². The van der Waals surface area contributed by atoms with Crippen LogP contribution in [0.15, 0.2) is 12.2 Å². The SMILES string of the molecule is C/C=C/[C@@H]1OC2(CCCCC2)O[C@@H]1C=O. The van der Waals surface area contributed by atoms with Crippen molar-refractivity contribution in [2.45, 2.75) is 57.0 Å². The summed E-state index contributed by atoms with van der Waals surface area (Å²) in [6.07, 6.45) is 9.42. The van der Waals surface area contributed by atoms with Crippen molar-refractivity contribution in [3.8, 4) is 0 Å². The smallest absolute Gasteiger partial charge is 0.170 e. The minimum Gasteiger partial charge on any atom is -0.339 e. The first-order valence-corrected chi connectivity index (χ1v) is 5.73. The minimum atomic E-state index is -0.464. The summed E-state index contributed by atoms with van der Waals surface area (Å²) in [5, 5.41) is 0. The Balaban J connectivity index is 2.08. The van der Waals surface area contributed by atoms with Crippen LogP contribution in [0.1, 0.15) is 39.0 Å². The van der Waals surface area contributed by atoms with Gasteiger partial charge in [-0.15, -0.1) is 0 Å². The van der Waals surface area contributed by atoms with Crippen LogP contribution in [-0.2, 0) is 14.3 Å². The van der Waals surface area contributed by atoms with E-state index in [9.17, 15) is 4.79 Å². The Morgan fingerprint density at radius 2 is 1.80 bits per heavy atom. The maximum Gasteiger partial charge on any atom is 0.170 e. The quantitative estimate of drug-likeness (QED) is 0.518. The molecular weight excluding hydrogens is 192 g/mol. The molecule has 1 saturated heterocycles. The number of rotatable bonds is 2. The predicted molar refractivity (Wildman–Crippen MR) is 56.4 cm³/mol. The van der Waals surface area contributed by atoms with Gasteiger partial charge in [0.05, 0.1) is 0 Å². The molecule has 3 heteroatoms. The van der Waals surface area contributed by atoms with Crippen molar-refractivity contribution < 1.29 is 14.3 Å². The Morgan fingerprint density at radius 3 is 2.40 bits per heavy atom. The van der Waals surface area contributed by atoms with E-state index < -0.39 is 11.9 Å². The van der Waals surface area contributed by atoms with E-state index in [-0.39, 0.29) is 6.10 Å². The van der Waals surface area contributed by atoms with E-state index in [0.29, 0.717) is 0 Å². The van der Waals surface area contributed by atoms with E-state index in [1.165, 1.54) is 6.42 Å². The summed E-state index contributed by atoms with van der Waals surface area (Å²) in [5.41, 5.74) is 0. The second-order valence-corrected chi connectivity index (χ2v) is 4.30. The fourth-order valence-corrected chi connectivity index (χ4v) is 2.43. The maximum atomic E-state index is 10.9. The first-order chi connectivity index (χ1) is 7.29. The Morgan fingerprint density at radius 1 is 1.13 bits per heavy atom. The van der Waals surface area contributed by atoms with Crippen LogP contribution in [0.2, 0.25) is 0 Å². The number of ether oxygens (including phenoxy) is 2. The van der Waals surface area contributed by atoms with Gasteiger partial charge in [0.1, 0.15) is 12.2 Å². The van der Waals surface area contributed by atoms with Gasteiger partial charge >= 0.3 is 0 Å². The third-order valence-electron chi connectivity index (χ3n) is 3.16. The summed E-state index contributed by atoms with van der Waals surface area (Å²) >= 11 is 0. The molecule has 3 nitrogen and oxygen atoms in total. The summed E-state index contributed by atoms with van der Waals surface area (Å²) in [7, 11) is 0. The summed E-state index contributed by atoms with van der Waals surface area (Å²) in [5.74, 6) is -0.464. The van der Waals surface area contributed by atoms with E-state index in [1.807, 2.05) is 19.1 Å². The lowest BCUT2D eigenvalue weighted by Crippen LogP contribution is -2.33. The lowest BCUT2D eigenvalue weighted by atomic mass is 9.94. The first-order valence-electron chi connectivity index (χ1n) is 5.73. The molecule has 2 aliphatic rings. The van der Waals surface area contributed by atoms with Crippen molar-refractivity contribution in [3.63, 3.8) is 0 Å². The van der Waals surface area contributed by atoms with Crippen LogP contribution >= 0.6 is 0 Å². The minimum absolute atomic E-state index is 0.189. The second-order valence-electron chi connectivity index (χ2n) is 4.30. The van der Waals surface area contributed by atoms with Gasteiger partial charge in [-0.3, -0.25) is 0 Å². The van der Waals surface area contributed by atoms with Crippen LogP contribution in [0.25, 0.3) is 0 Å². The van der Waals surface area contributed by atoms with Gasteiger partial charge in [0.25, 0.3) is 0 Å². The number of carbonyl (C=O) groups is 1.